The van der Waals surface area contributed by atoms with E-state index < -0.39 is 10.0 Å². The number of nitrogens with zero attached hydrogens (tertiary/aromatic N) is 3. The van der Waals surface area contributed by atoms with Crippen LogP contribution < -0.4 is 4.72 Å². The maximum atomic E-state index is 12.1. The molecule has 1 aliphatic heterocycles. The molecule has 0 radical (unpaired) electrons. The summed E-state index contributed by atoms with van der Waals surface area (Å²) in [5.74, 6) is 0.891. The Kier molecular flexibility index (Phi) is 3.09. The third kappa shape index (κ3) is 2.39. The number of anilines is 1. The number of hydrogen-bond donors (Lipinski definition) is 1. The summed E-state index contributed by atoms with van der Waals surface area (Å²) < 4.78 is 33.5. The van der Waals surface area contributed by atoms with Crippen LogP contribution in [0, 0.1) is 0 Å². The van der Waals surface area contributed by atoms with E-state index in [1.54, 1.807) is 4.68 Å². The quantitative estimate of drug-likeness (QED) is 0.914. The Bertz CT molecular complexity index is 683. The van der Waals surface area contributed by atoms with Crippen molar-refractivity contribution in [1.82, 2.24) is 14.8 Å². The van der Waals surface area contributed by atoms with Crippen molar-refractivity contribution in [2.24, 2.45) is 0 Å². The van der Waals surface area contributed by atoms with Gasteiger partial charge in [0, 0.05) is 13.0 Å². The normalized spacial score (nSPS) is 15.2. The zero-order valence-corrected chi connectivity index (χ0v) is 12.2. The van der Waals surface area contributed by atoms with Crippen LogP contribution in [0.4, 0.5) is 5.95 Å². The summed E-state index contributed by atoms with van der Waals surface area (Å²) in [6, 6.07) is 1.51. The van der Waals surface area contributed by atoms with Crippen LogP contribution in [0.2, 0.25) is 0 Å². The Balaban J connectivity index is 1.89. The molecule has 0 spiro atoms. The summed E-state index contributed by atoms with van der Waals surface area (Å²) in [4.78, 5) is 4.18. The molecule has 0 fully saturated rings. The van der Waals surface area contributed by atoms with Gasteiger partial charge in [0.2, 0.25) is 0 Å². The van der Waals surface area contributed by atoms with Crippen molar-refractivity contribution in [1.29, 1.82) is 0 Å². The fourth-order valence-electron chi connectivity index (χ4n) is 1.96. The molecule has 2 aromatic rings. The van der Waals surface area contributed by atoms with E-state index >= 15 is 0 Å². The number of furan rings is 1. The van der Waals surface area contributed by atoms with Crippen molar-refractivity contribution in [3.63, 3.8) is 0 Å². The van der Waals surface area contributed by atoms with Gasteiger partial charge in [-0.1, -0.05) is 0 Å². The third-order valence-electron chi connectivity index (χ3n) is 2.82. The van der Waals surface area contributed by atoms with Crippen molar-refractivity contribution >= 4 is 31.9 Å². The van der Waals surface area contributed by atoms with Crippen LogP contribution in [-0.2, 0) is 23.0 Å². The fraction of sp³-hybridized carbons (Fsp3) is 0.400. The highest BCUT2D eigenvalue weighted by Crippen LogP contribution is 2.24. The van der Waals surface area contributed by atoms with Gasteiger partial charge in [-0.2, -0.15) is 13.4 Å². The van der Waals surface area contributed by atoms with Crippen LogP contribution in [0.5, 0.6) is 0 Å². The molecule has 0 atom stereocenters. The van der Waals surface area contributed by atoms with Crippen molar-refractivity contribution in [3.05, 3.63) is 22.6 Å². The molecule has 0 amide bonds. The van der Waals surface area contributed by atoms with Gasteiger partial charge in [0.15, 0.2) is 0 Å². The van der Waals surface area contributed by atoms with Crippen molar-refractivity contribution in [3.8, 4) is 0 Å². The molecule has 3 heterocycles. The smallest absolute Gasteiger partial charge is 0.298 e. The van der Waals surface area contributed by atoms with Gasteiger partial charge < -0.3 is 4.42 Å². The van der Waals surface area contributed by atoms with Gasteiger partial charge >= 0.3 is 0 Å². The van der Waals surface area contributed by atoms with Crippen LogP contribution >= 0.6 is 15.9 Å². The summed E-state index contributed by atoms with van der Waals surface area (Å²) in [6.07, 6.45) is 4.20. The monoisotopic (exact) mass is 346 g/mol. The molecule has 7 nitrogen and oxygen atoms in total. The third-order valence-corrected chi connectivity index (χ3v) is 4.97. The molecule has 0 saturated carbocycles. The van der Waals surface area contributed by atoms with Gasteiger partial charge in [-0.05, 0) is 34.8 Å². The highest BCUT2D eigenvalue weighted by atomic mass is 79.9. The summed E-state index contributed by atoms with van der Waals surface area (Å²) in [5.41, 5.74) is 0. The lowest BCUT2D eigenvalue weighted by atomic mass is 10.2. The number of nitrogens with one attached hydrogen (secondary N) is 1. The highest BCUT2D eigenvalue weighted by Gasteiger charge is 2.24. The molecular weight excluding hydrogens is 336 g/mol. The minimum atomic E-state index is -3.80. The predicted molar refractivity (Wildman–Crippen MR) is 70.2 cm³/mol. The Morgan fingerprint density at radius 3 is 2.95 bits per heavy atom. The molecule has 0 bridgehead atoms. The molecule has 9 heteroatoms. The molecule has 0 aliphatic carbocycles. The van der Waals surface area contributed by atoms with Gasteiger partial charge in [-0.15, -0.1) is 5.10 Å². The Labute approximate surface area is 118 Å². The van der Waals surface area contributed by atoms with E-state index in [9.17, 15) is 8.42 Å². The lowest BCUT2D eigenvalue weighted by Gasteiger charge is -2.09. The highest BCUT2D eigenvalue weighted by molar-refractivity contribution is 9.10. The number of aryl methyl sites for hydroxylation is 2. The Hall–Kier alpha value is -1.35. The van der Waals surface area contributed by atoms with Crippen LogP contribution in [0.25, 0.3) is 0 Å². The SMILES string of the molecule is O=S(=O)(Nc1nc2n(n1)CCCC2)c1occc1Br. The van der Waals surface area contributed by atoms with Gasteiger partial charge in [0.1, 0.15) is 5.82 Å². The van der Waals surface area contributed by atoms with Gasteiger partial charge in [0.05, 0.1) is 10.7 Å². The molecule has 0 saturated heterocycles. The van der Waals surface area contributed by atoms with E-state index in [4.69, 9.17) is 4.42 Å². The van der Waals surface area contributed by atoms with E-state index in [1.165, 1.54) is 12.3 Å². The average molecular weight is 347 g/mol. The maximum Gasteiger partial charge on any atom is 0.298 e. The topological polar surface area (TPSA) is 90.0 Å². The number of fused-ring (bicyclic) bond motifs is 1. The van der Waals surface area contributed by atoms with Gasteiger partial charge in [-0.25, -0.2) is 9.40 Å². The van der Waals surface area contributed by atoms with Crippen molar-refractivity contribution < 1.29 is 12.8 Å². The largest absolute Gasteiger partial charge is 0.450 e. The van der Waals surface area contributed by atoms with Crippen molar-refractivity contribution in [2.45, 2.75) is 30.9 Å². The summed E-state index contributed by atoms with van der Waals surface area (Å²) in [5, 5.41) is 3.95. The van der Waals surface area contributed by atoms with Gasteiger partial charge in [-0.3, -0.25) is 0 Å². The standard InChI is InChI=1S/C10H11BrN4O3S/c11-7-4-6-18-9(7)19(16,17)14-10-12-8-3-1-2-5-15(8)13-10/h4,6H,1-3,5H2,(H,13,14). The lowest BCUT2D eigenvalue weighted by molar-refractivity contribution is 0.448. The zero-order chi connectivity index (χ0) is 13.5. The van der Waals surface area contributed by atoms with Crippen molar-refractivity contribution in [2.75, 3.05) is 4.72 Å². The van der Waals surface area contributed by atoms with E-state index in [2.05, 4.69) is 30.7 Å². The lowest BCUT2D eigenvalue weighted by Crippen LogP contribution is -2.14. The first kappa shape index (κ1) is 12.7. The molecule has 1 aliphatic rings. The van der Waals surface area contributed by atoms with E-state index in [0.29, 0.717) is 4.47 Å². The molecule has 19 heavy (non-hydrogen) atoms. The molecule has 102 valence electrons. The maximum absolute atomic E-state index is 12.1. The Morgan fingerprint density at radius 1 is 1.42 bits per heavy atom. The minimum Gasteiger partial charge on any atom is -0.450 e. The summed E-state index contributed by atoms with van der Waals surface area (Å²) in [7, 11) is -3.80. The van der Waals surface area contributed by atoms with Crippen LogP contribution in [0.1, 0.15) is 18.7 Å². The fourth-order valence-corrected chi connectivity index (χ4v) is 3.73. The zero-order valence-electron chi connectivity index (χ0n) is 9.84. The molecular formula is C10H11BrN4O3S. The first-order chi connectivity index (χ1) is 9.06. The summed E-state index contributed by atoms with van der Waals surface area (Å²) >= 11 is 3.11. The van der Waals surface area contributed by atoms with E-state index in [-0.39, 0.29) is 11.0 Å². The first-order valence-electron chi connectivity index (χ1n) is 5.76. The Morgan fingerprint density at radius 2 is 2.26 bits per heavy atom. The minimum absolute atomic E-state index is 0.0835. The predicted octanol–water partition coefficient (Wildman–Crippen LogP) is 1.77. The number of rotatable bonds is 3. The molecule has 3 rings (SSSR count). The molecule has 0 aromatic carbocycles. The average Bonchev–Trinajstić information content (AvgIpc) is 2.93. The molecule has 2 aromatic heterocycles. The second-order valence-corrected chi connectivity index (χ2v) is 6.63. The van der Waals surface area contributed by atoms with Crippen LogP contribution in [0.15, 0.2) is 26.3 Å². The number of aromatic nitrogens is 3. The molecule has 0 unspecified atom stereocenters. The number of hydrogen-bond acceptors (Lipinski definition) is 5. The second kappa shape index (κ2) is 4.64. The van der Waals surface area contributed by atoms with E-state index in [0.717, 1.165) is 31.6 Å². The second-order valence-electron chi connectivity index (χ2n) is 4.19. The van der Waals surface area contributed by atoms with Gasteiger partial charge in [0.25, 0.3) is 21.1 Å². The summed E-state index contributed by atoms with van der Waals surface area (Å²) in [6.45, 7) is 0.772. The van der Waals surface area contributed by atoms with Crippen LogP contribution in [0.3, 0.4) is 0 Å². The van der Waals surface area contributed by atoms with E-state index in [1.807, 2.05) is 0 Å². The number of halogens is 1. The molecule has 1 N–H and O–H groups in total. The van der Waals surface area contributed by atoms with Crippen LogP contribution in [-0.4, -0.2) is 23.2 Å². The first-order valence-corrected chi connectivity index (χ1v) is 8.03. The number of sulfonamides is 1.